The van der Waals surface area contributed by atoms with Gasteiger partial charge in [0.25, 0.3) is 0 Å². The lowest BCUT2D eigenvalue weighted by molar-refractivity contribution is -0.148. The van der Waals surface area contributed by atoms with Gasteiger partial charge in [-0.05, 0) is 35.4 Å². The molecule has 0 amide bonds. The van der Waals surface area contributed by atoms with Crippen LogP contribution >= 0.6 is 11.6 Å². The summed E-state index contributed by atoms with van der Waals surface area (Å²) in [6.45, 7) is 0. The van der Waals surface area contributed by atoms with Crippen molar-refractivity contribution in [3.05, 3.63) is 58.1 Å². The molecule has 4 nitrogen and oxygen atoms in total. The van der Waals surface area contributed by atoms with Gasteiger partial charge in [-0.15, -0.1) is 0 Å². The SMILES string of the molecule is COc1cc2c(cc1OC)[C@@H](c1ccc(Cl)cc1)OC(=O)C2. The van der Waals surface area contributed by atoms with Gasteiger partial charge in [0.2, 0.25) is 0 Å². The van der Waals surface area contributed by atoms with Gasteiger partial charge in [0.1, 0.15) is 0 Å². The molecule has 0 saturated heterocycles. The molecule has 0 saturated carbocycles. The van der Waals surface area contributed by atoms with Crippen LogP contribution in [0.3, 0.4) is 0 Å². The van der Waals surface area contributed by atoms with Crippen LogP contribution in [0, 0.1) is 0 Å². The number of carbonyl (C=O) groups is 1. The average Bonchev–Trinajstić information content (AvgIpc) is 2.53. The van der Waals surface area contributed by atoms with Gasteiger partial charge < -0.3 is 14.2 Å². The molecule has 0 aliphatic carbocycles. The Morgan fingerprint density at radius 3 is 2.36 bits per heavy atom. The lowest BCUT2D eigenvalue weighted by Gasteiger charge is -2.27. The monoisotopic (exact) mass is 318 g/mol. The number of methoxy groups -OCH3 is 2. The second kappa shape index (κ2) is 5.89. The van der Waals surface area contributed by atoms with Crippen molar-refractivity contribution >= 4 is 17.6 Å². The smallest absolute Gasteiger partial charge is 0.311 e. The lowest BCUT2D eigenvalue weighted by Crippen LogP contribution is -2.22. The third-order valence-corrected chi connectivity index (χ3v) is 3.94. The first-order chi connectivity index (χ1) is 10.6. The second-order valence-corrected chi connectivity index (χ2v) is 5.44. The molecule has 0 spiro atoms. The number of ether oxygens (including phenoxy) is 3. The highest BCUT2D eigenvalue weighted by atomic mass is 35.5. The molecule has 3 rings (SSSR count). The Labute approximate surface area is 133 Å². The van der Waals surface area contributed by atoms with Crippen molar-refractivity contribution in [2.24, 2.45) is 0 Å². The van der Waals surface area contributed by atoms with Crippen LogP contribution in [0.4, 0.5) is 0 Å². The highest BCUT2D eigenvalue weighted by Crippen LogP contribution is 2.40. The van der Waals surface area contributed by atoms with Crippen LogP contribution in [-0.4, -0.2) is 20.2 Å². The molecule has 1 atom stereocenters. The van der Waals surface area contributed by atoms with Crippen LogP contribution in [0.25, 0.3) is 0 Å². The number of cyclic esters (lactones) is 1. The summed E-state index contributed by atoms with van der Waals surface area (Å²) in [5.41, 5.74) is 2.65. The first-order valence-corrected chi connectivity index (χ1v) is 7.20. The summed E-state index contributed by atoms with van der Waals surface area (Å²) in [4.78, 5) is 11.9. The van der Waals surface area contributed by atoms with E-state index in [1.165, 1.54) is 0 Å². The van der Waals surface area contributed by atoms with Crippen molar-refractivity contribution in [1.29, 1.82) is 0 Å². The zero-order valence-corrected chi connectivity index (χ0v) is 13.0. The number of carbonyl (C=O) groups excluding carboxylic acids is 1. The van der Waals surface area contributed by atoms with Crippen molar-refractivity contribution in [3.8, 4) is 11.5 Å². The van der Waals surface area contributed by atoms with Gasteiger partial charge in [0, 0.05) is 10.6 Å². The van der Waals surface area contributed by atoms with Gasteiger partial charge in [0.15, 0.2) is 17.6 Å². The highest BCUT2D eigenvalue weighted by molar-refractivity contribution is 6.30. The first-order valence-electron chi connectivity index (χ1n) is 6.82. The minimum Gasteiger partial charge on any atom is -0.493 e. The number of fused-ring (bicyclic) bond motifs is 1. The molecule has 0 unspecified atom stereocenters. The fraction of sp³-hybridized carbons (Fsp3) is 0.235. The number of hydrogen-bond acceptors (Lipinski definition) is 4. The topological polar surface area (TPSA) is 44.8 Å². The Morgan fingerprint density at radius 1 is 1.09 bits per heavy atom. The normalized spacial score (nSPS) is 16.7. The Bertz CT molecular complexity index is 709. The molecule has 22 heavy (non-hydrogen) atoms. The molecule has 5 heteroatoms. The summed E-state index contributed by atoms with van der Waals surface area (Å²) in [6.07, 6.45) is -0.243. The Balaban J connectivity index is 2.11. The zero-order valence-electron chi connectivity index (χ0n) is 12.3. The molecule has 2 aromatic carbocycles. The molecule has 0 N–H and O–H groups in total. The maximum Gasteiger partial charge on any atom is 0.311 e. The highest BCUT2D eigenvalue weighted by Gasteiger charge is 2.29. The van der Waals surface area contributed by atoms with Crippen molar-refractivity contribution in [2.45, 2.75) is 12.5 Å². The van der Waals surface area contributed by atoms with Crippen LogP contribution < -0.4 is 9.47 Å². The molecule has 1 aliphatic rings. The Kier molecular flexibility index (Phi) is 3.94. The maximum absolute atomic E-state index is 11.9. The molecular formula is C17H15ClO4. The Morgan fingerprint density at radius 2 is 1.73 bits per heavy atom. The van der Waals surface area contributed by atoms with E-state index in [4.69, 9.17) is 25.8 Å². The standard InChI is InChI=1S/C17H15ClO4/c1-20-14-7-11-8-16(19)22-17(13(11)9-15(14)21-2)10-3-5-12(18)6-4-10/h3-7,9,17H,8H2,1-2H3/t17-/m1/s1. The van der Waals surface area contributed by atoms with E-state index < -0.39 is 6.10 Å². The van der Waals surface area contributed by atoms with Gasteiger partial charge in [-0.2, -0.15) is 0 Å². The molecular weight excluding hydrogens is 304 g/mol. The van der Waals surface area contributed by atoms with Crippen LogP contribution in [0.5, 0.6) is 11.5 Å². The number of benzene rings is 2. The minimum atomic E-state index is -0.465. The van der Waals surface area contributed by atoms with Crippen molar-refractivity contribution in [1.82, 2.24) is 0 Å². The first kappa shape index (κ1) is 14.7. The quantitative estimate of drug-likeness (QED) is 0.812. The van der Waals surface area contributed by atoms with E-state index in [-0.39, 0.29) is 12.4 Å². The van der Waals surface area contributed by atoms with Crippen molar-refractivity contribution < 1.29 is 19.0 Å². The second-order valence-electron chi connectivity index (χ2n) is 5.00. The van der Waals surface area contributed by atoms with Crippen molar-refractivity contribution in [2.75, 3.05) is 14.2 Å². The average molecular weight is 319 g/mol. The summed E-state index contributed by atoms with van der Waals surface area (Å²) in [5, 5.41) is 0.637. The Hall–Kier alpha value is -2.20. The van der Waals surface area contributed by atoms with Gasteiger partial charge in [-0.3, -0.25) is 4.79 Å². The van der Waals surface area contributed by atoms with Gasteiger partial charge in [-0.25, -0.2) is 0 Å². The van der Waals surface area contributed by atoms with E-state index in [0.29, 0.717) is 16.5 Å². The van der Waals surface area contributed by atoms with Gasteiger partial charge in [0.05, 0.1) is 20.6 Å². The minimum absolute atomic E-state index is 0.222. The number of hydrogen-bond donors (Lipinski definition) is 0. The van der Waals surface area contributed by atoms with E-state index >= 15 is 0 Å². The van der Waals surface area contributed by atoms with Crippen LogP contribution in [-0.2, 0) is 16.0 Å². The molecule has 1 heterocycles. The largest absolute Gasteiger partial charge is 0.493 e. The van der Waals surface area contributed by atoms with E-state index in [0.717, 1.165) is 16.7 Å². The third-order valence-electron chi connectivity index (χ3n) is 3.68. The van der Waals surface area contributed by atoms with Gasteiger partial charge in [-0.1, -0.05) is 23.7 Å². The summed E-state index contributed by atoms with van der Waals surface area (Å²) >= 11 is 5.92. The van der Waals surface area contributed by atoms with Gasteiger partial charge >= 0.3 is 5.97 Å². The van der Waals surface area contributed by atoms with Crippen LogP contribution in [0.15, 0.2) is 36.4 Å². The number of esters is 1. The van der Waals surface area contributed by atoms with E-state index in [2.05, 4.69) is 0 Å². The molecule has 0 aromatic heterocycles. The van der Waals surface area contributed by atoms with E-state index in [1.54, 1.807) is 26.4 Å². The summed E-state index contributed by atoms with van der Waals surface area (Å²) in [5.74, 6) is 0.948. The van der Waals surface area contributed by atoms with Crippen LogP contribution in [0.1, 0.15) is 22.8 Å². The van der Waals surface area contributed by atoms with E-state index in [1.807, 2.05) is 24.3 Å². The predicted octanol–water partition coefficient (Wildman–Crippen LogP) is 3.55. The fourth-order valence-electron chi connectivity index (χ4n) is 2.61. The summed E-state index contributed by atoms with van der Waals surface area (Å²) in [7, 11) is 3.15. The molecule has 0 fully saturated rings. The summed E-state index contributed by atoms with van der Waals surface area (Å²) < 4.78 is 16.2. The lowest BCUT2D eigenvalue weighted by atomic mass is 9.92. The number of halogens is 1. The number of rotatable bonds is 3. The molecule has 114 valence electrons. The molecule has 0 bridgehead atoms. The fourth-order valence-corrected chi connectivity index (χ4v) is 2.74. The zero-order chi connectivity index (χ0) is 15.7. The molecule has 0 radical (unpaired) electrons. The predicted molar refractivity (Wildman–Crippen MR) is 82.6 cm³/mol. The summed E-state index contributed by atoms with van der Waals surface area (Å²) in [6, 6.07) is 11.0. The maximum atomic E-state index is 11.9. The van der Waals surface area contributed by atoms with Crippen molar-refractivity contribution in [3.63, 3.8) is 0 Å². The van der Waals surface area contributed by atoms with Crippen LogP contribution in [0.2, 0.25) is 5.02 Å². The molecule has 1 aliphatic heterocycles. The van der Waals surface area contributed by atoms with E-state index in [9.17, 15) is 4.79 Å². The molecule has 2 aromatic rings. The third kappa shape index (κ3) is 2.62.